The molecule has 35 heavy (non-hydrogen) atoms. The van der Waals surface area contributed by atoms with E-state index in [0.717, 1.165) is 28.7 Å². The average molecular weight is 479 g/mol. The van der Waals surface area contributed by atoms with Crippen LogP contribution < -0.4 is 10.6 Å². The van der Waals surface area contributed by atoms with Crippen molar-refractivity contribution in [3.63, 3.8) is 0 Å². The Morgan fingerprint density at radius 3 is 2.34 bits per heavy atom. The van der Waals surface area contributed by atoms with Crippen LogP contribution in [0.4, 0.5) is 4.79 Å². The lowest BCUT2D eigenvalue weighted by atomic mass is 9.83. The molecule has 4 unspecified atom stereocenters. The SMILES string of the molecule is CC1(C(=O)NC2COCC2C(=O)O)CCCC1NC(=O)OCC1c2ccccc2-c2ccccc21. The van der Waals surface area contributed by atoms with Crippen LogP contribution in [0.3, 0.4) is 0 Å². The number of carboxylic acids is 1. The van der Waals surface area contributed by atoms with Gasteiger partial charge in [-0.1, -0.05) is 55.0 Å². The van der Waals surface area contributed by atoms with Gasteiger partial charge in [0.25, 0.3) is 0 Å². The van der Waals surface area contributed by atoms with E-state index in [0.29, 0.717) is 12.8 Å². The molecule has 0 spiro atoms. The molecule has 184 valence electrons. The standard InChI is InChI=1S/C27H30N2O6/c1-27(25(32)28-22-15-34-13-21(22)24(30)31)12-6-11-23(27)29-26(33)35-14-20-18-9-4-2-7-16(18)17-8-3-5-10-19(17)20/h2-5,7-10,20-23H,6,11-15H2,1H3,(H,28,32)(H,29,33)(H,30,31). The maximum Gasteiger partial charge on any atom is 0.407 e. The number of hydrogen-bond donors (Lipinski definition) is 3. The molecule has 0 bridgehead atoms. The molecule has 2 aromatic rings. The van der Waals surface area contributed by atoms with E-state index in [1.165, 1.54) is 0 Å². The van der Waals surface area contributed by atoms with E-state index in [-0.39, 0.29) is 31.6 Å². The Morgan fingerprint density at radius 1 is 1.03 bits per heavy atom. The van der Waals surface area contributed by atoms with Crippen molar-refractivity contribution in [2.24, 2.45) is 11.3 Å². The van der Waals surface area contributed by atoms with Gasteiger partial charge in [-0.05, 0) is 42.0 Å². The van der Waals surface area contributed by atoms with Crippen LogP contribution in [0.25, 0.3) is 11.1 Å². The number of benzene rings is 2. The quantitative estimate of drug-likeness (QED) is 0.587. The molecule has 0 radical (unpaired) electrons. The molecule has 2 aromatic carbocycles. The van der Waals surface area contributed by atoms with Gasteiger partial charge in [-0.3, -0.25) is 9.59 Å². The molecule has 3 aliphatic rings. The molecule has 1 aliphatic heterocycles. The molecule has 3 N–H and O–H groups in total. The van der Waals surface area contributed by atoms with E-state index in [1.54, 1.807) is 0 Å². The molecule has 2 aliphatic carbocycles. The topological polar surface area (TPSA) is 114 Å². The van der Waals surface area contributed by atoms with E-state index in [1.807, 2.05) is 31.2 Å². The highest BCUT2D eigenvalue weighted by Gasteiger charge is 2.48. The van der Waals surface area contributed by atoms with Crippen molar-refractivity contribution >= 4 is 18.0 Å². The monoisotopic (exact) mass is 478 g/mol. The van der Waals surface area contributed by atoms with Crippen LogP contribution in [0.2, 0.25) is 0 Å². The fraction of sp³-hybridized carbons (Fsp3) is 0.444. The Kier molecular flexibility index (Phi) is 6.23. The summed E-state index contributed by atoms with van der Waals surface area (Å²) in [6.07, 6.45) is 1.48. The number of nitrogens with one attached hydrogen (secondary N) is 2. The zero-order chi connectivity index (χ0) is 24.6. The molecule has 8 heteroatoms. The lowest BCUT2D eigenvalue weighted by molar-refractivity contribution is -0.142. The Bertz CT molecular complexity index is 1100. The normalized spacial score (nSPS) is 27.2. The second kappa shape index (κ2) is 9.34. The van der Waals surface area contributed by atoms with Crippen LogP contribution in [0, 0.1) is 11.3 Å². The Morgan fingerprint density at radius 2 is 1.69 bits per heavy atom. The van der Waals surface area contributed by atoms with Crippen molar-refractivity contribution in [3.8, 4) is 11.1 Å². The minimum absolute atomic E-state index is 0.0401. The van der Waals surface area contributed by atoms with Gasteiger partial charge >= 0.3 is 12.1 Å². The summed E-state index contributed by atoms with van der Waals surface area (Å²) in [4.78, 5) is 37.4. The smallest absolute Gasteiger partial charge is 0.407 e. The number of hydrogen-bond acceptors (Lipinski definition) is 5. The maximum absolute atomic E-state index is 13.2. The fourth-order valence-electron chi connectivity index (χ4n) is 5.72. The van der Waals surface area contributed by atoms with Crippen molar-refractivity contribution in [3.05, 3.63) is 59.7 Å². The summed E-state index contributed by atoms with van der Waals surface area (Å²) >= 11 is 0. The van der Waals surface area contributed by atoms with Gasteiger partial charge in [-0.15, -0.1) is 0 Å². The number of carbonyl (C=O) groups excluding carboxylic acids is 2. The fourth-order valence-corrected chi connectivity index (χ4v) is 5.72. The van der Waals surface area contributed by atoms with E-state index < -0.39 is 35.5 Å². The number of carbonyl (C=O) groups is 3. The largest absolute Gasteiger partial charge is 0.481 e. The third kappa shape index (κ3) is 4.27. The lowest BCUT2D eigenvalue weighted by Crippen LogP contribution is -2.54. The highest BCUT2D eigenvalue weighted by atomic mass is 16.5. The molecule has 8 nitrogen and oxygen atoms in total. The van der Waals surface area contributed by atoms with Gasteiger partial charge in [0.1, 0.15) is 12.5 Å². The van der Waals surface area contributed by atoms with E-state index >= 15 is 0 Å². The zero-order valence-electron chi connectivity index (χ0n) is 19.7. The van der Waals surface area contributed by atoms with Crippen LogP contribution in [0.15, 0.2) is 48.5 Å². The van der Waals surface area contributed by atoms with Gasteiger partial charge in [0, 0.05) is 12.0 Å². The van der Waals surface area contributed by atoms with E-state index in [9.17, 15) is 19.5 Å². The summed E-state index contributed by atoms with van der Waals surface area (Å²) in [5.41, 5.74) is 3.74. The van der Waals surface area contributed by atoms with Crippen LogP contribution in [0.1, 0.15) is 43.2 Å². The van der Waals surface area contributed by atoms with Crippen LogP contribution >= 0.6 is 0 Å². The first kappa shape index (κ1) is 23.4. The van der Waals surface area contributed by atoms with Crippen molar-refractivity contribution in [1.29, 1.82) is 0 Å². The molecule has 1 saturated heterocycles. The molecule has 4 atom stereocenters. The van der Waals surface area contributed by atoms with E-state index in [2.05, 4.69) is 34.9 Å². The molecule has 1 heterocycles. The van der Waals surface area contributed by atoms with Gasteiger partial charge in [0.05, 0.1) is 24.7 Å². The number of fused-ring (bicyclic) bond motifs is 3. The molecule has 2 amide bonds. The molecule has 0 aromatic heterocycles. The Labute approximate surface area is 204 Å². The first-order valence-corrected chi connectivity index (χ1v) is 12.1. The number of aliphatic carboxylic acids is 1. The Balaban J connectivity index is 1.22. The average Bonchev–Trinajstić information content (AvgIpc) is 3.55. The third-order valence-electron chi connectivity index (χ3n) is 7.83. The first-order valence-electron chi connectivity index (χ1n) is 12.1. The second-order valence-corrected chi connectivity index (χ2v) is 9.89. The zero-order valence-corrected chi connectivity index (χ0v) is 19.7. The van der Waals surface area contributed by atoms with Crippen molar-refractivity contribution in [2.75, 3.05) is 19.8 Å². The highest BCUT2D eigenvalue weighted by molar-refractivity contribution is 5.85. The van der Waals surface area contributed by atoms with Gasteiger partial charge in [-0.25, -0.2) is 4.79 Å². The maximum atomic E-state index is 13.2. The predicted octanol–water partition coefficient (Wildman–Crippen LogP) is 3.30. The van der Waals surface area contributed by atoms with E-state index in [4.69, 9.17) is 9.47 Å². The number of amides is 2. The first-order chi connectivity index (χ1) is 16.9. The lowest BCUT2D eigenvalue weighted by Gasteiger charge is -2.32. The van der Waals surface area contributed by atoms with Crippen LogP contribution in [-0.4, -0.2) is 55.0 Å². The Hall–Kier alpha value is -3.39. The highest BCUT2D eigenvalue weighted by Crippen LogP contribution is 2.44. The third-order valence-corrected chi connectivity index (χ3v) is 7.83. The van der Waals surface area contributed by atoms with Gasteiger partial charge < -0.3 is 25.2 Å². The van der Waals surface area contributed by atoms with Crippen molar-refractivity contribution in [1.82, 2.24) is 10.6 Å². The minimum Gasteiger partial charge on any atom is -0.481 e. The summed E-state index contributed by atoms with van der Waals surface area (Å²) in [5.74, 6) is -2.06. The molecule has 5 rings (SSSR count). The van der Waals surface area contributed by atoms with Gasteiger partial charge in [0.2, 0.25) is 5.91 Å². The number of ether oxygens (including phenoxy) is 2. The molecular weight excluding hydrogens is 448 g/mol. The van der Waals surface area contributed by atoms with Crippen LogP contribution in [0.5, 0.6) is 0 Å². The summed E-state index contributed by atoms with van der Waals surface area (Å²) < 4.78 is 10.9. The summed E-state index contributed by atoms with van der Waals surface area (Å²) in [7, 11) is 0. The number of alkyl carbamates (subject to hydrolysis) is 1. The molecule has 2 fully saturated rings. The number of rotatable bonds is 6. The summed E-state index contributed by atoms with van der Waals surface area (Å²) in [5, 5.41) is 15.1. The van der Waals surface area contributed by atoms with Gasteiger partial charge in [-0.2, -0.15) is 0 Å². The predicted molar refractivity (Wildman–Crippen MR) is 128 cm³/mol. The minimum atomic E-state index is -0.988. The summed E-state index contributed by atoms with van der Waals surface area (Å²) in [6.45, 7) is 2.27. The van der Waals surface area contributed by atoms with Crippen molar-refractivity contribution < 1.29 is 29.0 Å². The summed E-state index contributed by atoms with van der Waals surface area (Å²) in [6, 6.07) is 15.3. The van der Waals surface area contributed by atoms with Gasteiger partial charge in [0.15, 0.2) is 0 Å². The van der Waals surface area contributed by atoms with Crippen LogP contribution in [-0.2, 0) is 19.1 Å². The molecular formula is C27H30N2O6. The second-order valence-electron chi connectivity index (χ2n) is 9.89. The molecule has 1 saturated carbocycles. The number of carboxylic acid groups (broad SMARTS) is 1. The van der Waals surface area contributed by atoms with Crippen molar-refractivity contribution in [2.45, 2.75) is 44.2 Å².